The van der Waals surface area contributed by atoms with Crippen LogP contribution < -0.4 is 4.90 Å². The van der Waals surface area contributed by atoms with Gasteiger partial charge in [-0.25, -0.2) is 0 Å². The largest absolute Gasteiger partial charge is 0.455 e. The zero-order valence-electron chi connectivity index (χ0n) is 32.0. The Balaban J connectivity index is 0.954. The first-order valence-corrected chi connectivity index (χ1v) is 20.9. The standard InChI is InChI=1S/C56H35NOS/c1-2-11-41-35-42(20-19-36(41)9-1)37-21-28-43(29-22-37)57(45-32-25-40(26-33-45)48-15-7-16-50-49-13-5-6-18-53(49)59-56(48)50)44-30-23-39(24-31-44)46-14-8-17-52-54(46)51-34-27-38-10-3-4-12-47(38)55(51)58-52/h1-35H. The summed E-state index contributed by atoms with van der Waals surface area (Å²) in [6.07, 6.45) is 0. The van der Waals surface area contributed by atoms with E-state index in [-0.39, 0.29) is 0 Å². The van der Waals surface area contributed by atoms with Gasteiger partial charge in [0.2, 0.25) is 0 Å². The fourth-order valence-corrected chi connectivity index (χ4v) is 10.2. The minimum atomic E-state index is 0.900. The molecule has 10 aromatic carbocycles. The van der Waals surface area contributed by atoms with Crippen LogP contribution in [0.5, 0.6) is 0 Å². The zero-order valence-corrected chi connectivity index (χ0v) is 32.8. The van der Waals surface area contributed by atoms with Crippen molar-refractivity contribution in [3.63, 3.8) is 0 Å². The number of hydrogen-bond donors (Lipinski definition) is 0. The molecule has 12 rings (SSSR count). The molecule has 12 aromatic rings. The van der Waals surface area contributed by atoms with Gasteiger partial charge in [0, 0.05) is 53.4 Å². The molecule has 59 heavy (non-hydrogen) atoms. The molecule has 0 aliphatic rings. The third-order valence-electron chi connectivity index (χ3n) is 11.9. The van der Waals surface area contributed by atoms with Gasteiger partial charge in [0.15, 0.2) is 0 Å². The summed E-state index contributed by atoms with van der Waals surface area (Å²) >= 11 is 1.87. The monoisotopic (exact) mass is 769 g/mol. The van der Waals surface area contributed by atoms with Crippen molar-refractivity contribution in [2.45, 2.75) is 0 Å². The number of furan rings is 1. The molecule has 2 heterocycles. The van der Waals surface area contributed by atoms with Crippen molar-refractivity contribution >= 4 is 92.1 Å². The van der Waals surface area contributed by atoms with Gasteiger partial charge >= 0.3 is 0 Å². The Morgan fingerprint density at radius 2 is 0.915 bits per heavy atom. The van der Waals surface area contributed by atoms with Gasteiger partial charge in [-0.2, -0.15) is 0 Å². The van der Waals surface area contributed by atoms with E-state index in [9.17, 15) is 0 Å². The predicted molar refractivity (Wildman–Crippen MR) is 253 cm³/mol. The zero-order chi connectivity index (χ0) is 38.9. The second-order valence-electron chi connectivity index (χ2n) is 15.3. The summed E-state index contributed by atoms with van der Waals surface area (Å²) in [6.45, 7) is 0. The number of benzene rings is 10. The van der Waals surface area contributed by atoms with Crippen molar-refractivity contribution in [2.75, 3.05) is 4.90 Å². The Labute approximate surface area is 345 Å². The lowest BCUT2D eigenvalue weighted by atomic mass is 9.97. The van der Waals surface area contributed by atoms with Crippen LogP contribution in [0.25, 0.3) is 97.0 Å². The third-order valence-corrected chi connectivity index (χ3v) is 13.1. The molecule has 0 fully saturated rings. The van der Waals surface area contributed by atoms with Crippen molar-refractivity contribution in [2.24, 2.45) is 0 Å². The van der Waals surface area contributed by atoms with Crippen molar-refractivity contribution in [1.82, 2.24) is 0 Å². The fraction of sp³-hybridized carbons (Fsp3) is 0. The highest BCUT2D eigenvalue weighted by molar-refractivity contribution is 7.26. The molecule has 276 valence electrons. The molecule has 0 amide bonds. The van der Waals surface area contributed by atoms with Crippen LogP contribution in [-0.2, 0) is 0 Å². The molecule has 3 heteroatoms. The topological polar surface area (TPSA) is 16.4 Å². The molecule has 0 atom stereocenters. The molecule has 0 aliphatic carbocycles. The van der Waals surface area contributed by atoms with E-state index >= 15 is 0 Å². The number of hydrogen-bond acceptors (Lipinski definition) is 3. The minimum Gasteiger partial charge on any atom is -0.455 e. The number of thiophene rings is 1. The van der Waals surface area contributed by atoms with E-state index in [2.05, 4.69) is 217 Å². The van der Waals surface area contributed by atoms with Gasteiger partial charge in [-0.1, -0.05) is 152 Å². The molecule has 0 aliphatic heterocycles. The Kier molecular flexibility index (Phi) is 7.75. The van der Waals surface area contributed by atoms with Gasteiger partial charge in [0.05, 0.1) is 0 Å². The maximum Gasteiger partial charge on any atom is 0.143 e. The summed E-state index contributed by atoms with van der Waals surface area (Å²) in [6, 6.07) is 76.9. The lowest BCUT2D eigenvalue weighted by Gasteiger charge is -2.26. The van der Waals surface area contributed by atoms with Crippen LogP contribution in [0.4, 0.5) is 17.1 Å². The molecule has 0 unspecified atom stereocenters. The maximum absolute atomic E-state index is 6.54. The van der Waals surface area contributed by atoms with E-state index in [1.54, 1.807) is 0 Å². The smallest absolute Gasteiger partial charge is 0.143 e. The molecule has 0 saturated carbocycles. The van der Waals surface area contributed by atoms with Crippen LogP contribution >= 0.6 is 11.3 Å². The van der Waals surface area contributed by atoms with Gasteiger partial charge in [-0.3, -0.25) is 0 Å². The summed E-state index contributed by atoms with van der Waals surface area (Å²) in [5, 5.41) is 9.72. The average molecular weight is 770 g/mol. The second kappa shape index (κ2) is 13.6. The SMILES string of the molecule is c1ccc2cc(-c3ccc(N(c4ccc(-c5cccc6c5sc5ccccc56)cc4)c4ccc(-c5cccc6oc7c8ccccc8ccc7c56)cc4)cc3)ccc2c1. The fourth-order valence-electron chi connectivity index (χ4n) is 8.97. The lowest BCUT2D eigenvalue weighted by molar-refractivity contribution is 0.673. The molecule has 0 bridgehead atoms. The molecule has 2 aromatic heterocycles. The molecule has 2 nitrogen and oxygen atoms in total. The van der Waals surface area contributed by atoms with Crippen LogP contribution in [0.2, 0.25) is 0 Å². The predicted octanol–water partition coefficient (Wildman–Crippen LogP) is 16.7. The first-order chi connectivity index (χ1) is 29.2. The average Bonchev–Trinajstić information content (AvgIpc) is 3.89. The first kappa shape index (κ1) is 33.7. The first-order valence-electron chi connectivity index (χ1n) is 20.1. The van der Waals surface area contributed by atoms with Crippen molar-refractivity contribution in [3.05, 3.63) is 212 Å². The van der Waals surface area contributed by atoms with E-state index in [4.69, 9.17) is 4.42 Å². The molecule has 0 spiro atoms. The second-order valence-corrected chi connectivity index (χ2v) is 16.3. The molecular formula is C56H35NOS. The quantitative estimate of drug-likeness (QED) is 0.167. The van der Waals surface area contributed by atoms with Crippen LogP contribution in [0, 0.1) is 0 Å². The van der Waals surface area contributed by atoms with Gasteiger partial charge in [0.25, 0.3) is 0 Å². The van der Waals surface area contributed by atoms with Gasteiger partial charge in [0.1, 0.15) is 11.2 Å². The van der Waals surface area contributed by atoms with E-state index in [0.29, 0.717) is 0 Å². The van der Waals surface area contributed by atoms with Crippen LogP contribution in [-0.4, -0.2) is 0 Å². The molecule has 0 radical (unpaired) electrons. The lowest BCUT2D eigenvalue weighted by Crippen LogP contribution is -2.09. The summed E-state index contributed by atoms with van der Waals surface area (Å²) in [7, 11) is 0. The van der Waals surface area contributed by atoms with Crippen LogP contribution in [0.3, 0.4) is 0 Å². The Morgan fingerprint density at radius 1 is 0.356 bits per heavy atom. The number of anilines is 3. The number of nitrogens with zero attached hydrogens (tertiary/aromatic N) is 1. The Bertz CT molecular complexity index is 3540. The highest BCUT2D eigenvalue weighted by Crippen LogP contribution is 2.44. The third kappa shape index (κ3) is 5.62. The highest BCUT2D eigenvalue weighted by Gasteiger charge is 2.18. The van der Waals surface area contributed by atoms with Gasteiger partial charge in [-0.05, 0) is 110 Å². The number of fused-ring (bicyclic) bond motifs is 9. The summed E-state index contributed by atoms with van der Waals surface area (Å²) in [5.41, 5.74) is 12.3. The van der Waals surface area contributed by atoms with E-state index in [0.717, 1.165) is 55.5 Å². The van der Waals surface area contributed by atoms with E-state index < -0.39 is 0 Å². The summed E-state index contributed by atoms with van der Waals surface area (Å²) in [4.78, 5) is 2.36. The van der Waals surface area contributed by atoms with Gasteiger partial charge in [-0.15, -0.1) is 11.3 Å². The van der Waals surface area contributed by atoms with Gasteiger partial charge < -0.3 is 9.32 Å². The summed E-state index contributed by atoms with van der Waals surface area (Å²) < 4.78 is 9.19. The Morgan fingerprint density at radius 3 is 1.68 bits per heavy atom. The maximum atomic E-state index is 6.54. The number of rotatable bonds is 6. The summed E-state index contributed by atoms with van der Waals surface area (Å²) in [5.74, 6) is 0. The van der Waals surface area contributed by atoms with Crippen LogP contribution in [0.1, 0.15) is 0 Å². The van der Waals surface area contributed by atoms with E-state index in [1.165, 1.54) is 58.6 Å². The molecule has 0 N–H and O–H groups in total. The normalized spacial score (nSPS) is 11.7. The molecule has 0 saturated heterocycles. The molecular weight excluding hydrogens is 735 g/mol. The van der Waals surface area contributed by atoms with Crippen molar-refractivity contribution in [3.8, 4) is 33.4 Å². The van der Waals surface area contributed by atoms with Crippen LogP contribution in [0.15, 0.2) is 217 Å². The van der Waals surface area contributed by atoms with Crippen molar-refractivity contribution < 1.29 is 4.42 Å². The van der Waals surface area contributed by atoms with Crippen molar-refractivity contribution in [1.29, 1.82) is 0 Å². The van der Waals surface area contributed by atoms with E-state index in [1.807, 2.05) is 11.3 Å². The Hall–Kier alpha value is -7.46. The minimum absolute atomic E-state index is 0.900. The highest BCUT2D eigenvalue weighted by atomic mass is 32.1.